The van der Waals surface area contributed by atoms with Crippen LogP contribution < -0.4 is 10.0 Å². The Bertz CT molecular complexity index is 819. The minimum absolute atomic E-state index is 0. The molecule has 0 bridgehead atoms. The minimum atomic E-state index is -3.49. The van der Waals surface area contributed by atoms with Crippen LogP contribution in [0.3, 0.4) is 0 Å². The Kier molecular flexibility index (Phi) is 5.47. The van der Waals surface area contributed by atoms with Gasteiger partial charge in [-0.25, -0.2) is 13.1 Å². The number of nitrogens with one attached hydrogen (secondary N) is 2. The standard InChI is InChI=1S/C17H20N2O2S.ClH/c1-12-3-6-17(13(2)7-12)22(20,21)19-9-14-4-5-15-10-18-11-16(15)8-14;/h3-8,18-19H,9-11H2,1-2H3;1H. The molecular weight excluding hydrogens is 332 g/mol. The van der Waals surface area contributed by atoms with Crippen molar-refractivity contribution in [2.45, 2.75) is 38.4 Å². The third kappa shape index (κ3) is 3.93. The number of fused-ring (bicyclic) bond motifs is 1. The first-order valence-corrected chi connectivity index (χ1v) is 8.82. The van der Waals surface area contributed by atoms with Crippen molar-refractivity contribution in [1.29, 1.82) is 0 Å². The smallest absolute Gasteiger partial charge is 0.241 e. The molecule has 0 fully saturated rings. The average molecular weight is 353 g/mol. The molecule has 124 valence electrons. The summed E-state index contributed by atoms with van der Waals surface area (Å²) in [6.45, 7) is 5.83. The van der Waals surface area contributed by atoms with Crippen LogP contribution in [0.2, 0.25) is 0 Å². The molecule has 2 aromatic rings. The first kappa shape index (κ1) is 17.9. The van der Waals surface area contributed by atoms with Gasteiger partial charge in [0.1, 0.15) is 0 Å². The number of benzene rings is 2. The molecule has 2 aromatic carbocycles. The molecule has 0 saturated carbocycles. The van der Waals surface area contributed by atoms with Gasteiger partial charge in [0.05, 0.1) is 4.90 Å². The van der Waals surface area contributed by atoms with E-state index in [1.807, 2.05) is 32.0 Å². The van der Waals surface area contributed by atoms with Crippen molar-refractivity contribution in [3.05, 3.63) is 64.2 Å². The molecule has 0 atom stereocenters. The monoisotopic (exact) mass is 352 g/mol. The third-order valence-corrected chi connectivity index (χ3v) is 5.55. The maximum absolute atomic E-state index is 12.4. The largest absolute Gasteiger partial charge is 0.309 e. The molecule has 0 aliphatic carbocycles. The van der Waals surface area contributed by atoms with E-state index in [-0.39, 0.29) is 12.4 Å². The van der Waals surface area contributed by atoms with Crippen molar-refractivity contribution in [3.8, 4) is 0 Å². The zero-order valence-corrected chi connectivity index (χ0v) is 14.9. The van der Waals surface area contributed by atoms with E-state index in [9.17, 15) is 8.42 Å². The van der Waals surface area contributed by atoms with E-state index in [0.717, 1.165) is 29.8 Å². The number of sulfonamides is 1. The van der Waals surface area contributed by atoms with Crippen LogP contribution in [0.25, 0.3) is 0 Å². The topological polar surface area (TPSA) is 58.2 Å². The fourth-order valence-corrected chi connectivity index (χ4v) is 4.06. The second-order valence-electron chi connectivity index (χ2n) is 5.80. The van der Waals surface area contributed by atoms with Gasteiger partial charge in [-0.2, -0.15) is 0 Å². The summed E-state index contributed by atoms with van der Waals surface area (Å²) in [5.41, 5.74) is 5.35. The molecule has 3 rings (SSSR count). The van der Waals surface area contributed by atoms with Gasteiger partial charge in [0.25, 0.3) is 0 Å². The van der Waals surface area contributed by atoms with Crippen LogP contribution in [0.1, 0.15) is 27.8 Å². The molecule has 0 radical (unpaired) electrons. The summed E-state index contributed by atoms with van der Waals surface area (Å²) < 4.78 is 27.6. The SMILES string of the molecule is Cc1ccc(S(=O)(=O)NCc2ccc3c(c2)CNC3)c(C)c1.Cl. The third-order valence-electron chi connectivity index (χ3n) is 3.99. The van der Waals surface area contributed by atoms with Gasteiger partial charge < -0.3 is 5.32 Å². The van der Waals surface area contributed by atoms with Gasteiger partial charge in [-0.3, -0.25) is 0 Å². The van der Waals surface area contributed by atoms with Crippen molar-refractivity contribution < 1.29 is 8.42 Å². The van der Waals surface area contributed by atoms with E-state index in [4.69, 9.17) is 0 Å². The van der Waals surface area contributed by atoms with Gasteiger partial charge in [-0.15, -0.1) is 12.4 Å². The highest BCUT2D eigenvalue weighted by atomic mass is 35.5. The van der Waals surface area contributed by atoms with E-state index in [2.05, 4.69) is 22.2 Å². The second-order valence-corrected chi connectivity index (χ2v) is 7.54. The van der Waals surface area contributed by atoms with Gasteiger partial charge in [0.15, 0.2) is 0 Å². The van der Waals surface area contributed by atoms with Crippen LogP contribution in [0.4, 0.5) is 0 Å². The van der Waals surface area contributed by atoms with E-state index >= 15 is 0 Å². The van der Waals surface area contributed by atoms with E-state index < -0.39 is 10.0 Å². The summed E-state index contributed by atoms with van der Waals surface area (Å²) >= 11 is 0. The lowest BCUT2D eigenvalue weighted by Crippen LogP contribution is -2.24. The van der Waals surface area contributed by atoms with Gasteiger partial charge >= 0.3 is 0 Å². The van der Waals surface area contributed by atoms with Gasteiger partial charge in [0.2, 0.25) is 10.0 Å². The summed E-state index contributed by atoms with van der Waals surface area (Å²) in [4.78, 5) is 0.348. The second kappa shape index (κ2) is 7.01. The van der Waals surface area contributed by atoms with Crippen LogP contribution in [-0.2, 0) is 29.7 Å². The molecule has 0 spiro atoms. The van der Waals surface area contributed by atoms with Crippen molar-refractivity contribution in [1.82, 2.24) is 10.0 Å². The zero-order chi connectivity index (χ0) is 15.7. The van der Waals surface area contributed by atoms with E-state index in [1.165, 1.54) is 11.1 Å². The minimum Gasteiger partial charge on any atom is -0.309 e. The molecule has 0 saturated heterocycles. The predicted octanol–water partition coefficient (Wildman–Crippen LogP) is 2.81. The molecule has 1 aliphatic heterocycles. The molecule has 0 amide bonds. The molecule has 23 heavy (non-hydrogen) atoms. The van der Waals surface area contributed by atoms with Gasteiger partial charge in [-0.1, -0.05) is 35.9 Å². The van der Waals surface area contributed by atoms with Crippen molar-refractivity contribution in [2.75, 3.05) is 0 Å². The van der Waals surface area contributed by atoms with Crippen molar-refractivity contribution >= 4 is 22.4 Å². The van der Waals surface area contributed by atoms with Crippen LogP contribution >= 0.6 is 12.4 Å². The zero-order valence-electron chi connectivity index (χ0n) is 13.2. The van der Waals surface area contributed by atoms with E-state index in [0.29, 0.717) is 11.4 Å². The molecule has 2 N–H and O–H groups in total. The lowest BCUT2D eigenvalue weighted by atomic mass is 10.1. The quantitative estimate of drug-likeness (QED) is 0.889. The molecule has 6 heteroatoms. The van der Waals surface area contributed by atoms with E-state index in [1.54, 1.807) is 6.07 Å². The summed E-state index contributed by atoms with van der Waals surface area (Å²) in [5, 5.41) is 3.29. The number of hydrogen-bond donors (Lipinski definition) is 2. The number of halogens is 1. The maximum Gasteiger partial charge on any atom is 0.241 e. The Morgan fingerprint density at radius 2 is 1.78 bits per heavy atom. The summed E-state index contributed by atoms with van der Waals surface area (Å²) in [6.07, 6.45) is 0. The lowest BCUT2D eigenvalue weighted by Gasteiger charge is -2.10. The molecular formula is C17H21ClN2O2S. The summed E-state index contributed by atoms with van der Waals surface area (Å²) in [5.74, 6) is 0. The summed E-state index contributed by atoms with van der Waals surface area (Å²) in [7, 11) is -3.49. The predicted molar refractivity (Wildman–Crippen MR) is 94.2 cm³/mol. The van der Waals surface area contributed by atoms with Gasteiger partial charge in [-0.05, 0) is 42.2 Å². The maximum atomic E-state index is 12.4. The Morgan fingerprint density at radius 3 is 2.52 bits per heavy atom. The number of aryl methyl sites for hydroxylation is 2. The van der Waals surface area contributed by atoms with Crippen molar-refractivity contribution in [2.24, 2.45) is 0 Å². The Balaban J connectivity index is 0.00000192. The molecule has 1 heterocycles. The van der Waals surface area contributed by atoms with Crippen LogP contribution in [0.5, 0.6) is 0 Å². The molecule has 4 nitrogen and oxygen atoms in total. The lowest BCUT2D eigenvalue weighted by molar-refractivity contribution is 0.580. The Labute approximate surface area is 143 Å². The molecule has 0 aromatic heterocycles. The van der Waals surface area contributed by atoms with Crippen LogP contribution in [0.15, 0.2) is 41.3 Å². The van der Waals surface area contributed by atoms with Crippen LogP contribution in [-0.4, -0.2) is 8.42 Å². The average Bonchev–Trinajstić information content (AvgIpc) is 2.92. The fourth-order valence-electron chi connectivity index (χ4n) is 2.82. The first-order valence-electron chi connectivity index (χ1n) is 7.34. The normalized spacial score (nSPS) is 13.5. The van der Waals surface area contributed by atoms with Gasteiger partial charge in [0, 0.05) is 19.6 Å². The Hall–Kier alpha value is -1.40. The fraction of sp³-hybridized carbons (Fsp3) is 0.294. The molecule has 0 unspecified atom stereocenters. The highest BCUT2D eigenvalue weighted by Crippen LogP contribution is 2.19. The van der Waals surface area contributed by atoms with Crippen molar-refractivity contribution in [3.63, 3.8) is 0 Å². The first-order chi connectivity index (χ1) is 10.5. The Morgan fingerprint density at radius 1 is 1.04 bits per heavy atom. The summed E-state index contributed by atoms with van der Waals surface area (Å²) in [6, 6.07) is 11.5. The molecule has 1 aliphatic rings. The highest BCUT2D eigenvalue weighted by molar-refractivity contribution is 7.89. The number of rotatable bonds is 4. The highest BCUT2D eigenvalue weighted by Gasteiger charge is 2.17. The number of hydrogen-bond acceptors (Lipinski definition) is 3. The van der Waals surface area contributed by atoms with Crippen LogP contribution in [0, 0.1) is 13.8 Å².